The van der Waals surface area contributed by atoms with Gasteiger partial charge >= 0.3 is 0 Å². The third-order valence-electron chi connectivity index (χ3n) is 4.56. The van der Waals surface area contributed by atoms with E-state index in [1.54, 1.807) is 0 Å². The maximum absolute atomic E-state index is 12.5. The summed E-state index contributed by atoms with van der Waals surface area (Å²) < 4.78 is 0. The van der Waals surface area contributed by atoms with Crippen LogP contribution in [0.4, 0.5) is 0 Å². The predicted molar refractivity (Wildman–Crippen MR) is 101 cm³/mol. The van der Waals surface area contributed by atoms with Crippen LogP contribution in [0.25, 0.3) is 0 Å². The van der Waals surface area contributed by atoms with Crippen molar-refractivity contribution in [1.29, 1.82) is 0 Å². The summed E-state index contributed by atoms with van der Waals surface area (Å²) in [5.41, 5.74) is 5.99. The van der Waals surface area contributed by atoms with E-state index in [-0.39, 0.29) is 54.6 Å². The molecule has 2 unspecified atom stereocenters. The molecule has 0 radical (unpaired) electrons. The monoisotopic (exact) mass is 382 g/mol. The third kappa shape index (κ3) is 7.13. The van der Waals surface area contributed by atoms with Crippen LogP contribution >= 0.6 is 24.8 Å². The summed E-state index contributed by atoms with van der Waals surface area (Å²) in [5.74, 6) is 0.439. The number of carbonyl (C=O) groups is 2. The average molecular weight is 383 g/mol. The fraction of sp³-hybridized carbons (Fsp3) is 0.875. The van der Waals surface area contributed by atoms with Crippen LogP contribution in [-0.2, 0) is 9.59 Å². The van der Waals surface area contributed by atoms with Crippen molar-refractivity contribution in [2.75, 3.05) is 32.7 Å². The van der Waals surface area contributed by atoms with E-state index >= 15 is 0 Å². The Hall–Kier alpha value is -0.560. The molecule has 2 amide bonds. The largest absolute Gasteiger partial charge is 0.353 e. The number of rotatable bonds is 4. The summed E-state index contributed by atoms with van der Waals surface area (Å²) in [6.07, 6.45) is 3.91. The van der Waals surface area contributed by atoms with E-state index < -0.39 is 0 Å². The minimum absolute atomic E-state index is 0. The van der Waals surface area contributed by atoms with Crippen molar-refractivity contribution in [3.63, 3.8) is 0 Å². The molecule has 0 bridgehead atoms. The van der Waals surface area contributed by atoms with Gasteiger partial charge in [-0.15, -0.1) is 24.8 Å². The number of carbonyl (C=O) groups excluding carboxylic acids is 2. The second kappa shape index (κ2) is 11.1. The molecule has 1 aliphatic carbocycles. The van der Waals surface area contributed by atoms with Crippen LogP contribution in [-0.4, -0.2) is 66.4 Å². The van der Waals surface area contributed by atoms with Crippen LogP contribution in [0.2, 0.25) is 0 Å². The lowest BCUT2D eigenvalue weighted by Crippen LogP contribution is -2.53. The van der Waals surface area contributed by atoms with E-state index in [1.807, 2.05) is 18.7 Å². The molecule has 2 fully saturated rings. The maximum atomic E-state index is 12.5. The van der Waals surface area contributed by atoms with Crippen molar-refractivity contribution in [3.8, 4) is 0 Å². The van der Waals surface area contributed by atoms with E-state index in [9.17, 15) is 9.59 Å². The van der Waals surface area contributed by atoms with Crippen molar-refractivity contribution in [2.24, 2.45) is 11.7 Å². The smallest absolute Gasteiger partial charge is 0.234 e. The quantitative estimate of drug-likeness (QED) is 0.760. The highest BCUT2D eigenvalue weighted by Crippen LogP contribution is 2.25. The van der Waals surface area contributed by atoms with Crippen molar-refractivity contribution >= 4 is 36.6 Å². The summed E-state index contributed by atoms with van der Waals surface area (Å²) in [4.78, 5) is 28.4. The molecule has 1 aliphatic heterocycles. The number of nitrogens with one attached hydrogen (secondary N) is 1. The lowest BCUT2D eigenvalue weighted by Gasteiger charge is -2.37. The van der Waals surface area contributed by atoms with E-state index in [0.29, 0.717) is 6.54 Å². The first-order valence-corrected chi connectivity index (χ1v) is 8.51. The normalized spacial score (nSPS) is 24.8. The molecule has 24 heavy (non-hydrogen) atoms. The molecule has 3 N–H and O–H groups in total. The van der Waals surface area contributed by atoms with Gasteiger partial charge in [0.15, 0.2) is 0 Å². The molecule has 142 valence electrons. The van der Waals surface area contributed by atoms with Crippen LogP contribution in [0.15, 0.2) is 0 Å². The van der Waals surface area contributed by atoms with Gasteiger partial charge in [-0.05, 0) is 33.1 Å². The summed E-state index contributed by atoms with van der Waals surface area (Å²) in [7, 11) is 0. The van der Waals surface area contributed by atoms with Gasteiger partial charge in [0.05, 0.1) is 6.54 Å². The van der Waals surface area contributed by atoms with Gasteiger partial charge < -0.3 is 16.0 Å². The maximum Gasteiger partial charge on any atom is 0.234 e. The summed E-state index contributed by atoms with van der Waals surface area (Å²) in [5, 5.41) is 2.91. The van der Waals surface area contributed by atoms with Crippen LogP contribution in [0.3, 0.4) is 0 Å². The predicted octanol–water partition coefficient (Wildman–Crippen LogP) is 1.02. The molecule has 0 spiro atoms. The van der Waals surface area contributed by atoms with Gasteiger partial charge in [0.2, 0.25) is 11.8 Å². The van der Waals surface area contributed by atoms with Crippen LogP contribution in [0.1, 0.15) is 39.5 Å². The molecular weight excluding hydrogens is 351 g/mol. The Kier molecular flexibility index (Phi) is 10.9. The molecule has 2 aliphatic rings. The van der Waals surface area contributed by atoms with Gasteiger partial charge in [0.1, 0.15) is 0 Å². The Balaban J connectivity index is 0.00000264. The van der Waals surface area contributed by atoms with Crippen molar-refractivity contribution in [3.05, 3.63) is 0 Å². The Labute approximate surface area is 157 Å². The van der Waals surface area contributed by atoms with Crippen molar-refractivity contribution < 1.29 is 9.59 Å². The summed E-state index contributed by atoms with van der Waals surface area (Å²) in [6, 6.07) is 0.356. The highest BCUT2D eigenvalue weighted by Gasteiger charge is 2.30. The van der Waals surface area contributed by atoms with E-state index in [1.165, 1.54) is 0 Å². The molecule has 2 rings (SSSR count). The van der Waals surface area contributed by atoms with Gasteiger partial charge in [-0.2, -0.15) is 0 Å². The topological polar surface area (TPSA) is 78.7 Å². The molecule has 0 aromatic rings. The lowest BCUT2D eigenvalue weighted by molar-refractivity contribution is -0.138. The molecule has 6 nitrogen and oxygen atoms in total. The molecule has 1 saturated heterocycles. The highest BCUT2D eigenvalue weighted by molar-refractivity contribution is 5.85. The number of hydrogen-bond donors (Lipinski definition) is 2. The van der Waals surface area contributed by atoms with Crippen LogP contribution in [0.5, 0.6) is 0 Å². The average Bonchev–Trinajstić information content (AvgIpc) is 2.46. The number of nitrogens with two attached hydrogens (primary N) is 1. The molecule has 0 aromatic carbocycles. The van der Waals surface area contributed by atoms with Gasteiger partial charge in [-0.25, -0.2) is 0 Å². The first kappa shape index (κ1) is 23.4. The van der Waals surface area contributed by atoms with Gasteiger partial charge in [0, 0.05) is 44.2 Å². The lowest BCUT2D eigenvalue weighted by atomic mass is 9.85. The number of hydrogen-bond acceptors (Lipinski definition) is 4. The number of piperazine rings is 1. The first-order valence-electron chi connectivity index (χ1n) is 8.51. The summed E-state index contributed by atoms with van der Waals surface area (Å²) >= 11 is 0. The van der Waals surface area contributed by atoms with Crippen LogP contribution in [0, 0.1) is 5.92 Å². The van der Waals surface area contributed by atoms with Crippen molar-refractivity contribution in [2.45, 2.75) is 51.6 Å². The Morgan fingerprint density at radius 1 is 1.12 bits per heavy atom. The highest BCUT2D eigenvalue weighted by atomic mass is 35.5. The van der Waals surface area contributed by atoms with Gasteiger partial charge in [0.25, 0.3) is 0 Å². The Bertz CT molecular complexity index is 402. The fourth-order valence-electron chi connectivity index (χ4n) is 3.41. The molecule has 1 heterocycles. The minimum atomic E-state index is 0. The second-order valence-electron chi connectivity index (χ2n) is 6.95. The Morgan fingerprint density at radius 2 is 1.75 bits per heavy atom. The van der Waals surface area contributed by atoms with Gasteiger partial charge in [-0.3, -0.25) is 14.5 Å². The molecule has 1 saturated carbocycles. The molecule has 8 heteroatoms. The van der Waals surface area contributed by atoms with E-state index in [0.717, 1.165) is 51.9 Å². The number of halogens is 2. The number of nitrogens with zero attached hydrogens (tertiary/aromatic N) is 2. The standard InChI is InChI=1S/C16H30N4O2.2ClH/c1-12(2)18-15(21)11-19-6-8-20(9-7-19)16(22)13-4-3-5-14(17)10-13;;/h12-14H,3-11,17H2,1-2H3,(H,18,21);2*1H. The Morgan fingerprint density at radius 3 is 2.29 bits per heavy atom. The number of amides is 2. The molecule has 2 atom stereocenters. The van der Waals surface area contributed by atoms with E-state index in [2.05, 4.69) is 10.2 Å². The SMILES string of the molecule is CC(C)NC(=O)CN1CCN(C(=O)C2CCCC(N)C2)CC1.Cl.Cl. The molecule has 0 aromatic heterocycles. The van der Waals surface area contributed by atoms with Crippen molar-refractivity contribution in [1.82, 2.24) is 15.1 Å². The van der Waals surface area contributed by atoms with E-state index in [4.69, 9.17) is 5.73 Å². The fourth-order valence-corrected chi connectivity index (χ4v) is 3.41. The zero-order valence-electron chi connectivity index (χ0n) is 14.7. The zero-order chi connectivity index (χ0) is 16.1. The molecular formula is C16H32Cl2N4O2. The third-order valence-corrected chi connectivity index (χ3v) is 4.56. The zero-order valence-corrected chi connectivity index (χ0v) is 16.3. The first-order chi connectivity index (χ1) is 10.5. The van der Waals surface area contributed by atoms with Crippen LogP contribution < -0.4 is 11.1 Å². The second-order valence-corrected chi connectivity index (χ2v) is 6.95. The minimum Gasteiger partial charge on any atom is -0.353 e. The summed E-state index contributed by atoms with van der Waals surface area (Å²) in [6.45, 7) is 7.34. The van der Waals surface area contributed by atoms with Gasteiger partial charge in [-0.1, -0.05) is 6.42 Å².